The van der Waals surface area contributed by atoms with Gasteiger partial charge in [-0.3, -0.25) is 0 Å². The third-order valence-electron chi connectivity index (χ3n) is 1.88. The van der Waals surface area contributed by atoms with Crippen molar-refractivity contribution in [1.29, 1.82) is 0 Å². The first-order chi connectivity index (χ1) is 7.43. The molecule has 0 fully saturated rings. The first-order valence-electron chi connectivity index (χ1n) is 5.09. The highest BCUT2D eigenvalue weighted by molar-refractivity contribution is 5.50. The molecule has 0 radical (unpaired) electrons. The number of benzene rings is 1. The van der Waals surface area contributed by atoms with Gasteiger partial charge in [0.25, 0.3) is 0 Å². The van der Waals surface area contributed by atoms with Crippen LogP contribution >= 0.6 is 0 Å². The predicted octanol–water partition coefficient (Wildman–Crippen LogP) is 4.39. The molecular formula is C15H16. The van der Waals surface area contributed by atoms with Crippen LogP contribution in [0, 0.1) is 0 Å². The van der Waals surface area contributed by atoms with E-state index in [1.807, 2.05) is 24.3 Å². The molecule has 0 atom stereocenters. The predicted molar refractivity (Wildman–Crippen MR) is 68.6 cm³/mol. The number of allylic oxidation sites excluding steroid dienone is 6. The van der Waals surface area contributed by atoms with Gasteiger partial charge in [-0.15, -0.1) is 0 Å². The van der Waals surface area contributed by atoms with Gasteiger partial charge in [0.2, 0.25) is 0 Å². The van der Waals surface area contributed by atoms with E-state index in [1.54, 1.807) is 6.08 Å². The monoisotopic (exact) mass is 196 g/mol. The molecule has 0 unspecified atom stereocenters. The molecule has 0 spiro atoms. The summed E-state index contributed by atoms with van der Waals surface area (Å²) >= 11 is 0. The Labute approximate surface area is 92.0 Å². The van der Waals surface area contributed by atoms with Crippen molar-refractivity contribution in [2.75, 3.05) is 0 Å². The van der Waals surface area contributed by atoms with Crippen molar-refractivity contribution in [2.45, 2.75) is 6.42 Å². The molecule has 0 heteroatoms. The smallest absolute Gasteiger partial charge is 0.0163 e. The van der Waals surface area contributed by atoms with E-state index in [0.717, 1.165) is 6.42 Å². The fraction of sp³-hybridized carbons (Fsp3) is 0.0667. The van der Waals surface area contributed by atoms with E-state index < -0.39 is 0 Å². The Morgan fingerprint density at radius 2 is 1.67 bits per heavy atom. The van der Waals surface area contributed by atoms with Crippen molar-refractivity contribution in [2.24, 2.45) is 0 Å². The van der Waals surface area contributed by atoms with Gasteiger partial charge < -0.3 is 0 Å². The second kappa shape index (κ2) is 7.57. The maximum Gasteiger partial charge on any atom is -0.0163 e. The Morgan fingerprint density at radius 1 is 0.933 bits per heavy atom. The lowest BCUT2D eigenvalue weighted by atomic mass is 10.2. The van der Waals surface area contributed by atoms with E-state index in [0.29, 0.717) is 0 Å². The average Bonchev–Trinajstić information content (AvgIpc) is 2.29. The fourth-order valence-corrected chi connectivity index (χ4v) is 1.14. The van der Waals surface area contributed by atoms with Crippen molar-refractivity contribution < 1.29 is 0 Å². The molecule has 15 heavy (non-hydrogen) atoms. The van der Waals surface area contributed by atoms with Gasteiger partial charge in [0.05, 0.1) is 0 Å². The van der Waals surface area contributed by atoms with Gasteiger partial charge in [0.1, 0.15) is 0 Å². The van der Waals surface area contributed by atoms with Crippen molar-refractivity contribution in [3.63, 3.8) is 0 Å². The topological polar surface area (TPSA) is 0 Å². The van der Waals surface area contributed by atoms with Crippen LogP contribution in [0.1, 0.15) is 12.0 Å². The summed E-state index contributed by atoms with van der Waals surface area (Å²) in [6.07, 6.45) is 15.1. The van der Waals surface area contributed by atoms with Crippen LogP contribution in [0.3, 0.4) is 0 Å². The molecule has 76 valence electrons. The molecule has 0 aliphatic heterocycles. The Balaban J connectivity index is 2.33. The zero-order chi connectivity index (χ0) is 10.8. The Hall–Kier alpha value is -1.82. The largest absolute Gasteiger partial charge is 0.0991 e. The standard InChI is InChI=1S/C15H16/c1-2-3-4-5-6-7-9-12-15-13-10-8-11-14-15/h2-4,6-14H,1,5H2. The third kappa shape index (κ3) is 5.48. The van der Waals surface area contributed by atoms with Gasteiger partial charge in [-0.1, -0.05) is 79.4 Å². The van der Waals surface area contributed by atoms with Crippen molar-refractivity contribution in [1.82, 2.24) is 0 Å². The number of rotatable bonds is 5. The summed E-state index contributed by atoms with van der Waals surface area (Å²) in [5, 5.41) is 0. The molecule has 1 aromatic carbocycles. The lowest BCUT2D eigenvalue weighted by Gasteiger charge is -1.88. The summed E-state index contributed by atoms with van der Waals surface area (Å²) < 4.78 is 0. The average molecular weight is 196 g/mol. The molecule has 1 rings (SSSR count). The van der Waals surface area contributed by atoms with E-state index in [1.165, 1.54) is 5.56 Å². The van der Waals surface area contributed by atoms with Gasteiger partial charge in [-0.25, -0.2) is 0 Å². The van der Waals surface area contributed by atoms with Crippen molar-refractivity contribution in [3.8, 4) is 0 Å². The van der Waals surface area contributed by atoms with Crippen LogP contribution in [0.25, 0.3) is 6.08 Å². The Bertz CT molecular complexity index is 353. The van der Waals surface area contributed by atoms with E-state index >= 15 is 0 Å². The normalized spacial score (nSPS) is 11.7. The lowest BCUT2D eigenvalue weighted by molar-refractivity contribution is 1.39. The lowest BCUT2D eigenvalue weighted by Crippen LogP contribution is -1.66. The number of hydrogen-bond donors (Lipinski definition) is 0. The van der Waals surface area contributed by atoms with Crippen LogP contribution < -0.4 is 0 Å². The first kappa shape index (κ1) is 11.3. The zero-order valence-corrected chi connectivity index (χ0v) is 8.84. The highest BCUT2D eigenvalue weighted by Crippen LogP contribution is 2.00. The van der Waals surface area contributed by atoms with E-state index in [-0.39, 0.29) is 0 Å². The molecule has 0 amide bonds. The molecule has 0 bridgehead atoms. The van der Waals surface area contributed by atoms with Gasteiger partial charge in [0, 0.05) is 0 Å². The molecule has 0 saturated carbocycles. The number of hydrogen-bond acceptors (Lipinski definition) is 0. The highest BCUT2D eigenvalue weighted by atomic mass is 13.8. The fourth-order valence-electron chi connectivity index (χ4n) is 1.14. The van der Waals surface area contributed by atoms with Crippen LogP contribution in [0.4, 0.5) is 0 Å². The molecule has 0 saturated heterocycles. The molecule has 0 N–H and O–H groups in total. The van der Waals surface area contributed by atoms with Crippen LogP contribution in [0.15, 0.2) is 73.4 Å². The van der Waals surface area contributed by atoms with E-state index in [2.05, 4.69) is 49.1 Å². The summed E-state index contributed by atoms with van der Waals surface area (Å²) in [6, 6.07) is 10.3. The summed E-state index contributed by atoms with van der Waals surface area (Å²) in [5.74, 6) is 0. The third-order valence-corrected chi connectivity index (χ3v) is 1.88. The molecule has 0 heterocycles. The van der Waals surface area contributed by atoms with E-state index in [4.69, 9.17) is 0 Å². The second-order valence-electron chi connectivity index (χ2n) is 3.10. The van der Waals surface area contributed by atoms with Crippen molar-refractivity contribution >= 4 is 6.08 Å². The minimum atomic E-state index is 0.950. The van der Waals surface area contributed by atoms with Crippen LogP contribution in [-0.2, 0) is 0 Å². The maximum absolute atomic E-state index is 3.61. The maximum atomic E-state index is 3.61. The van der Waals surface area contributed by atoms with Crippen LogP contribution in [0.2, 0.25) is 0 Å². The van der Waals surface area contributed by atoms with Gasteiger partial charge in [-0.2, -0.15) is 0 Å². The SMILES string of the molecule is C=CC=CCC=CC=Cc1ccccc1. The molecule has 0 aliphatic rings. The molecular weight excluding hydrogens is 180 g/mol. The minimum Gasteiger partial charge on any atom is -0.0991 e. The minimum absolute atomic E-state index is 0.950. The Kier molecular flexibility index (Phi) is 5.68. The zero-order valence-electron chi connectivity index (χ0n) is 8.84. The van der Waals surface area contributed by atoms with Crippen LogP contribution in [0.5, 0.6) is 0 Å². The molecule has 1 aromatic rings. The summed E-state index contributed by atoms with van der Waals surface area (Å²) in [7, 11) is 0. The van der Waals surface area contributed by atoms with Crippen LogP contribution in [-0.4, -0.2) is 0 Å². The van der Waals surface area contributed by atoms with E-state index in [9.17, 15) is 0 Å². The highest BCUT2D eigenvalue weighted by Gasteiger charge is 1.79. The molecule has 0 nitrogen and oxygen atoms in total. The summed E-state index contributed by atoms with van der Waals surface area (Å²) in [4.78, 5) is 0. The second-order valence-corrected chi connectivity index (χ2v) is 3.10. The Morgan fingerprint density at radius 3 is 2.40 bits per heavy atom. The van der Waals surface area contributed by atoms with Crippen molar-refractivity contribution in [3.05, 3.63) is 78.9 Å². The first-order valence-corrected chi connectivity index (χ1v) is 5.09. The molecule has 0 aliphatic carbocycles. The summed E-state index contributed by atoms with van der Waals surface area (Å²) in [5.41, 5.74) is 1.23. The van der Waals surface area contributed by atoms with Gasteiger partial charge >= 0.3 is 0 Å². The quantitative estimate of drug-likeness (QED) is 0.613. The summed E-state index contributed by atoms with van der Waals surface area (Å²) in [6.45, 7) is 3.61. The van der Waals surface area contributed by atoms with Gasteiger partial charge in [-0.05, 0) is 12.0 Å². The molecule has 0 aromatic heterocycles. The van der Waals surface area contributed by atoms with Gasteiger partial charge in [0.15, 0.2) is 0 Å².